The molecule has 0 aromatic heterocycles. The van der Waals surface area contributed by atoms with E-state index in [1.165, 1.54) is 0 Å². The summed E-state index contributed by atoms with van der Waals surface area (Å²) < 4.78 is -1.11. The van der Waals surface area contributed by atoms with Gasteiger partial charge in [0, 0.05) is 11.8 Å². The molecule has 16 heavy (non-hydrogen) atoms. The van der Waals surface area contributed by atoms with Gasteiger partial charge in [-0.3, -0.25) is 4.79 Å². The first-order chi connectivity index (χ1) is 7.48. The molecule has 2 aliphatic carbocycles. The fourth-order valence-corrected chi connectivity index (χ4v) is 3.87. The number of hydrogen-bond donors (Lipinski definition) is 1. The lowest BCUT2D eigenvalue weighted by Gasteiger charge is -2.43. The van der Waals surface area contributed by atoms with E-state index < -0.39 is 4.33 Å². The van der Waals surface area contributed by atoms with E-state index in [1.54, 1.807) is 0 Å². The molecule has 0 bridgehead atoms. The second kappa shape index (κ2) is 4.47. The minimum atomic E-state index is -1.11. The van der Waals surface area contributed by atoms with Crippen LogP contribution in [0, 0.1) is 17.8 Å². The van der Waals surface area contributed by atoms with E-state index in [2.05, 4.69) is 0 Å². The molecule has 0 radical (unpaired) electrons. The van der Waals surface area contributed by atoms with Crippen LogP contribution in [-0.4, -0.2) is 21.3 Å². The summed E-state index contributed by atoms with van der Waals surface area (Å²) in [6, 6.07) is 0. The zero-order chi connectivity index (χ0) is 11.9. The maximum absolute atomic E-state index is 11.8. The molecular formula is C12H18Cl2O2. The number of ketones is 1. The van der Waals surface area contributed by atoms with Crippen LogP contribution < -0.4 is 0 Å². The highest BCUT2D eigenvalue weighted by Crippen LogP contribution is 2.59. The Hall–Kier alpha value is 0.210. The Balaban J connectivity index is 1.89. The molecule has 0 aliphatic heterocycles. The number of aliphatic hydroxyl groups excluding tert-OH is 1. The molecule has 2 fully saturated rings. The number of fused-ring (bicyclic) bond motifs is 1. The molecule has 92 valence electrons. The van der Waals surface area contributed by atoms with Crippen molar-refractivity contribution in [3.63, 3.8) is 0 Å². The summed E-state index contributed by atoms with van der Waals surface area (Å²) in [6.45, 7) is 1.97. The van der Waals surface area contributed by atoms with E-state index in [9.17, 15) is 9.90 Å². The smallest absolute Gasteiger partial charge is 0.179 e. The fraction of sp³-hybridized carbons (Fsp3) is 0.917. The quantitative estimate of drug-likeness (QED) is 0.793. The third-order valence-corrected chi connectivity index (χ3v) is 5.16. The predicted molar refractivity (Wildman–Crippen MR) is 64.7 cm³/mol. The summed E-state index contributed by atoms with van der Waals surface area (Å²) in [5.41, 5.74) is 0. The van der Waals surface area contributed by atoms with E-state index in [0.717, 1.165) is 32.1 Å². The van der Waals surface area contributed by atoms with Gasteiger partial charge >= 0.3 is 0 Å². The molecule has 0 saturated heterocycles. The first-order valence-electron chi connectivity index (χ1n) is 6.08. The number of hydrogen-bond acceptors (Lipinski definition) is 2. The molecule has 1 N–H and O–H groups in total. The minimum absolute atomic E-state index is 0.00863. The van der Waals surface area contributed by atoms with Crippen LogP contribution >= 0.6 is 23.2 Å². The van der Waals surface area contributed by atoms with Crippen LogP contribution in [0.3, 0.4) is 0 Å². The second-order valence-corrected chi connectivity index (χ2v) is 6.48. The van der Waals surface area contributed by atoms with E-state index in [0.29, 0.717) is 5.92 Å². The van der Waals surface area contributed by atoms with Gasteiger partial charge in [-0.1, -0.05) is 30.1 Å². The lowest BCUT2D eigenvalue weighted by molar-refractivity contribution is -0.136. The summed E-state index contributed by atoms with van der Waals surface area (Å²) in [6.07, 6.45) is 4.24. The van der Waals surface area contributed by atoms with Crippen LogP contribution in [-0.2, 0) is 4.79 Å². The largest absolute Gasteiger partial charge is 0.393 e. The van der Waals surface area contributed by atoms with Crippen LogP contribution in [0.5, 0.6) is 0 Å². The Bertz CT molecular complexity index is 291. The highest BCUT2D eigenvalue weighted by molar-refractivity contribution is 6.60. The summed E-state index contributed by atoms with van der Waals surface area (Å²) in [4.78, 5) is 11.8. The lowest BCUT2D eigenvalue weighted by atomic mass is 9.69. The molecule has 4 atom stereocenters. The van der Waals surface area contributed by atoms with Crippen molar-refractivity contribution < 1.29 is 9.90 Å². The molecule has 2 aliphatic rings. The Morgan fingerprint density at radius 1 is 1.50 bits per heavy atom. The Morgan fingerprint density at radius 3 is 2.81 bits per heavy atom. The molecule has 4 unspecified atom stereocenters. The first kappa shape index (κ1) is 12.7. The van der Waals surface area contributed by atoms with Gasteiger partial charge in [-0.05, 0) is 38.0 Å². The summed E-state index contributed by atoms with van der Waals surface area (Å²) in [5.74, 6) is 0.629. The van der Waals surface area contributed by atoms with E-state index in [1.807, 2.05) is 6.92 Å². The van der Waals surface area contributed by atoms with Crippen molar-refractivity contribution in [2.45, 2.75) is 49.5 Å². The summed E-state index contributed by atoms with van der Waals surface area (Å²) in [5, 5.41) is 9.52. The summed E-state index contributed by atoms with van der Waals surface area (Å²) in [7, 11) is 0. The van der Waals surface area contributed by atoms with Gasteiger partial charge in [-0.15, -0.1) is 0 Å². The Kier molecular flexibility index (Phi) is 3.54. The number of carbonyl (C=O) groups is 1. The highest BCUT2D eigenvalue weighted by Gasteiger charge is 2.64. The van der Waals surface area contributed by atoms with Crippen molar-refractivity contribution in [2.24, 2.45) is 17.8 Å². The van der Waals surface area contributed by atoms with Gasteiger partial charge < -0.3 is 5.11 Å². The van der Waals surface area contributed by atoms with Crippen molar-refractivity contribution in [3.05, 3.63) is 0 Å². The maximum Gasteiger partial charge on any atom is 0.179 e. The van der Waals surface area contributed by atoms with Gasteiger partial charge in [0.25, 0.3) is 0 Å². The maximum atomic E-state index is 11.8. The van der Waals surface area contributed by atoms with Crippen LogP contribution in [0.15, 0.2) is 0 Å². The number of rotatable bonds is 4. The van der Waals surface area contributed by atoms with Crippen molar-refractivity contribution in [2.75, 3.05) is 0 Å². The Morgan fingerprint density at radius 2 is 2.19 bits per heavy atom. The molecular weight excluding hydrogens is 247 g/mol. The van der Waals surface area contributed by atoms with Crippen LogP contribution in [0.1, 0.15) is 39.0 Å². The number of alkyl halides is 2. The van der Waals surface area contributed by atoms with Crippen molar-refractivity contribution >= 4 is 29.0 Å². The number of Topliss-reactive ketones (excluding diaryl/α,β-unsaturated/α-hetero) is 1. The average Bonchev–Trinajstić information content (AvgIpc) is 2.67. The minimum Gasteiger partial charge on any atom is -0.393 e. The molecule has 0 aromatic carbocycles. The third kappa shape index (κ3) is 1.89. The van der Waals surface area contributed by atoms with Gasteiger partial charge in [-0.25, -0.2) is 0 Å². The molecule has 0 aromatic rings. The molecule has 0 spiro atoms. The second-order valence-electron chi connectivity index (χ2n) is 5.10. The van der Waals surface area contributed by atoms with E-state index in [-0.39, 0.29) is 23.7 Å². The number of carbonyl (C=O) groups excluding carboxylic acids is 1. The van der Waals surface area contributed by atoms with Crippen molar-refractivity contribution in [1.82, 2.24) is 0 Å². The molecule has 2 rings (SSSR count). The normalized spacial score (nSPS) is 38.0. The Labute approximate surface area is 106 Å². The van der Waals surface area contributed by atoms with Crippen molar-refractivity contribution in [1.29, 1.82) is 0 Å². The third-order valence-electron chi connectivity index (χ3n) is 4.23. The van der Waals surface area contributed by atoms with Gasteiger partial charge in [0.05, 0.1) is 6.10 Å². The monoisotopic (exact) mass is 264 g/mol. The van der Waals surface area contributed by atoms with Gasteiger partial charge in [0.2, 0.25) is 0 Å². The predicted octanol–water partition coefficient (Wildman–Crippen LogP) is 2.94. The van der Waals surface area contributed by atoms with Gasteiger partial charge in [0.15, 0.2) is 10.1 Å². The molecule has 4 heteroatoms. The van der Waals surface area contributed by atoms with Gasteiger partial charge in [-0.2, -0.15) is 0 Å². The van der Waals surface area contributed by atoms with Crippen molar-refractivity contribution in [3.8, 4) is 0 Å². The average molecular weight is 265 g/mol. The lowest BCUT2D eigenvalue weighted by Crippen LogP contribution is -2.55. The van der Waals surface area contributed by atoms with Gasteiger partial charge in [0.1, 0.15) is 0 Å². The fourth-order valence-electron chi connectivity index (χ4n) is 3.13. The van der Waals surface area contributed by atoms with E-state index in [4.69, 9.17) is 23.2 Å². The zero-order valence-corrected chi connectivity index (χ0v) is 11.0. The van der Waals surface area contributed by atoms with Crippen LogP contribution in [0.2, 0.25) is 0 Å². The molecule has 0 heterocycles. The molecule has 2 saturated carbocycles. The first-order valence-corrected chi connectivity index (χ1v) is 6.84. The standard InChI is InChI=1S/C12H18Cl2O2/c1-2-8(15)5-3-7-4-6-9-10(7)11(16)12(9,13)14/h7-10,15H,2-6H2,1H3. The number of halogens is 2. The topological polar surface area (TPSA) is 37.3 Å². The molecule has 0 amide bonds. The highest BCUT2D eigenvalue weighted by atomic mass is 35.5. The number of aliphatic hydroxyl groups is 1. The van der Waals surface area contributed by atoms with E-state index >= 15 is 0 Å². The molecule has 2 nitrogen and oxygen atoms in total. The van der Waals surface area contributed by atoms with Crippen LogP contribution in [0.4, 0.5) is 0 Å². The van der Waals surface area contributed by atoms with Crippen LogP contribution in [0.25, 0.3) is 0 Å². The zero-order valence-electron chi connectivity index (χ0n) is 9.46. The summed E-state index contributed by atoms with van der Waals surface area (Å²) >= 11 is 12.0. The SMILES string of the molecule is CCC(O)CCC1CCC2C1C(=O)C2(Cl)Cl.